The fraction of sp³-hybridized carbons (Fsp3) is 0.480. The molecule has 0 radical (unpaired) electrons. The minimum Gasteiger partial charge on any atom is -0.379 e. The number of aryl methyl sites for hydroxylation is 2. The van der Waals surface area contributed by atoms with E-state index in [1.165, 1.54) is 15.4 Å². The number of hydrogen-bond donors (Lipinski definition) is 0. The third-order valence-corrected chi connectivity index (χ3v) is 8.55. The number of nitrogens with zero attached hydrogens (tertiary/aromatic N) is 2. The van der Waals surface area contributed by atoms with Crippen molar-refractivity contribution in [1.29, 1.82) is 0 Å². The summed E-state index contributed by atoms with van der Waals surface area (Å²) in [6.07, 6.45) is 3.58. The van der Waals surface area contributed by atoms with Gasteiger partial charge in [-0.3, -0.25) is 4.79 Å². The molecular weight excluding hydrogens is 424 g/mol. The van der Waals surface area contributed by atoms with Gasteiger partial charge in [0.05, 0.1) is 18.1 Å². The number of amides is 1. The van der Waals surface area contributed by atoms with Crippen molar-refractivity contribution < 1.29 is 17.9 Å². The summed E-state index contributed by atoms with van der Waals surface area (Å²) in [5, 5.41) is 0. The Labute approximate surface area is 191 Å². The van der Waals surface area contributed by atoms with Crippen LogP contribution >= 0.6 is 0 Å². The zero-order valence-electron chi connectivity index (χ0n) is 18.9. The van der Waals surface area contributed by atoms with Crippen LogP contribution in [0.3, 0.4) is 0 Å². The lowest BCUT2D eigenvalue weighted by molar-refractivity contribution is 0.0661. The van der Waals surface area contributed by atoms with E-state index in [2.05, 4.69) is 31.2 Å². The van der Waals surface area contributed by atoms with Crippen LogP contribution < -0.4 is 0 Å². The molecule has 0 aromatic heterocycles. The molecule has 1 amide bonds. The average molecular weight is 457 g/mol. The van der Waals surface area contributed by atoms with E-state index in [9.17, 15) is 13.2 Å². The molecule has 1 heterocycles. The van der Waals surface area contributed by atoms with Gasteiger partial charge in [-0.15, -0.1) is 0 Å². The third-order valence-electron chi connectivity index (χ3n) is 6.51. The van der Waals surface area contributed by atoms with Crippen molar-refractivity contribution in [3.63, 3.8) is 0 Å². The number of carbonyl (C=O) groups excluding carboxylic acids is 1. The molecular formula is C25H32N2O4S. The summed E-state index contributed by atoms with van der Waals surface area (Å²) in [5.74, 6) is -0.0883. The SMILES string of the molecule is CCCN(C(=O)c1ccc(C)c(S(=O)(=O)N2CCOCC2)c1)C1CCc2ccccc2C1. The van der Waals surface area contributed by atoms with Gasteiger partial charge in [0.1, 0.15) is 0 Å². The zero-order chi connectivity index (χ0) is 22.7. The van der Waals surface area contributed by atoms with E-state index in [0.29, 0.717) is 44.0 Å². The highest BCUT2D eigenvalue weighted by molar-refractivity contribution is 7.89. The summed E-state index contributed by atoms with van der Waals surface area (Å²) >= 11 is 0. The van der Waals surface area contributed by atoms with E-state index in [-0.39, 0.29) is 16.8 Å². The number of benzene rings is 2. The number of ether oxygens (including phenoxy) is 1. The number of rotatable bonds is 6. The molecule has 1 atom stereocenters. The van der Waals surface area contributed by atoms with Gasteiger partial charge in [-0.25, -0.2) is 8.42 Å². The van der Waals surface area contributed by atoms with Crippen molar-refractivity contribution in [2.45, 2.75) is 50.5 Å². The first-order chi connectivity index (χ1) is 15.4. The van der Waals surface area contributed by atoms with Crippen LogP contribution in [0.2, 0.25) is 0 Å². The lowest BCUT2D eigenvalue weighted by atomic mass is 9.87. The maximum absolute atomic E-state index is 13.6. The van der Waals surface area contributed by atoms with Crippen LogP contribution in [0.15, 0.2) is 47.4 Å². The second-order valence-electron chi connectivity index (χ2n) is 8.66. The molecule has 32 heavy (non-hydrogen) atoms. The summed E-state index contributed by atoms with van der Waals surface area (Å²) in [6, 6.07) is 13.6. The molecule has 6 nitrogen and oxygen atoms in total. The van der Waals surface area contributed by atoms with Crippen LogP contribution in [-0.2, 0) is 27.6 Å². The van der Waals surface area contributed by atoms with Gasteiger partial charge >= 0.3 is 0 Å². The van der Waals surface area contributed by atoms with Gasteiger partial charge in [0.2, 0.25) is 10.0 Å². The Hall–Kier alpha value is -2.22. The summed E-state index contributed by atoms with van der Waals surface area (Å²) in [4.78, 5) is 15.8. The number of carbonyl (C=O) groups is 1. The molecule has 0 saturated carbocycles. The highest BCUT2D eigenvalue weighted by Crippen LogP contribution is 2.27. The van der Waals surface area contributed by atoms with Gasteiger partial charge < -0.3 is 9.64 Å². The zero-order valence-corrected chi connectivity index (χ0v) is 19.7. The molecule has 2 aromatic carbocycles. The molecule has 1 fully saturated rings. The summed E-state index contributed by atoms with van der Waals surface area (Å²) in [5.41, 5.74) is 3.76. The summed E-state index contributed by atoms with van der Waals surface area (Å²) in [6.45, 7) is 5.97. The predicted octanol–water partition coefficient (Wildman–Crippen LogP) is 3.43. The monoisotopic (exact) mass is 456 g/mol. The van der Waals surface area contributed by atoms with E-state index in [1.54, 1.807) is 25.1 Å². The van der Waals surface area contributed by atoms with E-state index in [0.717, 1.165) is 25.7 Å². The Morgan fingerprint density at radius 1 is 1.12 bits per heavy atom. The van der Waals surface area contributed by atoms with E-state index >= 15 is 0 Å². The molecule has 4 rings (SSSR count). The normalized spacial score (nSPS) is 19.4. The molecule has 2 aliphatic rings. The van der Waals surface area contributed by atoms with E-state index in [1.807, 2.05) is 4.90 Å². The Bertz CT molecular complexity index is 1080. The molecule has 1 unspecified atom stereocenters. The maximum atomic E-state index is 13.6. The first-order valence-electron chi connectivity index (χ1n) is 11.5. The number of hydrogen-bond acceptors (Lipinski definition) is 4. The predicted molar refractivity (Wildman–Crippen MR) is 124 cm³/mol. The lowest BCUT2D eigenvalue weighted by Gasteiger charge is -2.35. The minimum absolute atomic E-state index is 0.0883. The van der Waals surface area contributed by atoms with Gasteiger partial charge in [0.15, 0.2) is 0 Å². The second kappa shape index (κ2) is 9.73. The molecule has 1 aliphatic heterocycles. The van der Waals surface area contributed by atoms with Crippen molar-refractivity contribution in [1.82, 2.24) is 9.21 Å². The van der Waals surface area contributed by atoms with Gasteiger partial charge in [-0.1, -0.05) is 37.3 Å². The van der Waals surface area contributed by atoms with Crippen molar-refractivity contribution in [2.24, 2.45) is 0 Å². The molecule has 2 aromatic rings. The number of morpholine rings is 1. The maximum Gasteiger partial charge on any atom is 0.254 e. The fourth-order valence-corrected chi connectivity index (χ4v) is 6.40. The minimum atomic E-state index is -3.67. The number of fused-ring (bicyclic) bond motifs is 1. The topological polar surface area (TPSA) is 66.9 Å². The van der Waals surface area contributed by atoms with E-state index in [4.69, 9.17) is 4.74 Å². The molecule has 172 valence electrons. The van der Waals surface area contributed by atoms with Crippen LogP contribution in [-0.4, -0.2) is 62.4 Å². The molecule has 0 N–H and O–H groups in total. The van der Waals surface area contributed by atoms with Crippen molar-refractivity contribution in [3.8, 4) is 0 Å². The van der Waals surface area contributed by atoms with Crippen molar-refractivity contribution >= 4 is 15.9 Å². The largest absolute Gasteiger partial charge is 0.379 e. The quantitative estimate of drug-likeness (QED) is 0.668. The first-order valence-corrected chi connectivity index (χ1v) is 12.9. The summed E-state index contributed by atoms with van der Waals surface area (Å²) < 4.78 is 33.3. The van der Waals surface area contributed by atoms with Gasteiger partial charge in [-0.05, 0) is 61.4 Å². The van der Waals surface area contributed by atoms with Crippen molar-refractivity contribution in [3.05, 3.63) is 64.7 Å². The van der Waals surface area contributed by atoms with Crippen LogP contribution in [0.25, 0.3) is 0 Å². The Balaban J connectivity index is 1.62. The fourth-order valence-electron chi connectivity index (χ4n) is 4.74. The first kappa shape index (κ1) is 23.0. The summed E-state index contributed by atoms with van der Waals surface area (Å²) in [7, 11) is -3.67. The third kappa shape index (κ3) is 4.60. The Morgan fingerprint density at radius 3 is 2.56 bits per heavy atom. The van der Waals surface area contributed by atoms with Crippen LogP contribution in [0.4, 0.5) is 0 Å². The standard InChI is InChI=1S/C25H32N2O4S/c1-3-12-27(23-11-10-20-6-4-5-7-21(20)17-23)25(28)22-9-8-19(2)24(18-22)32(29,30)26-13-15-31-16-14-26/h4-9,18,23H,3,10-17H2,1-2H3. The molecule has 0 spiro atoms. The molecule has 1 aliphatic carbocycles. The van der Waals surface area contributed by atoms with Crippen molar-refractivity contribution in [2.75, 3.05) is 32.8 Å². The highest BCUT2D eigenvalue weighted by Gasteiger charge is 2.31. The second-order valence-corrected chi connectivity index (χ2v) is 10.6. The average Bonchev–Trinajstić information content (AvgIpc) is 2.82. The van der Waals surface area contributed by atoms with E-state index < -0.39 is 10.0 Å². The van der Waals surface area contributed by atoms with Gasteiger partial charge in [-0.2, -0.15) is 4.31 Å². The molecule has 7 heteroatoms. The Kier molecular flexibility index (Phi) is 6.98. The number of sulfonamides is 1. The van der Waals surface area contributed by atoms with Gasteiger partial charge in [0.25, 0.3) is 5.91 Å². The van der Waals surface area contributed by atoms with Gasteiger partial charge in [0, 0.05) is 31.2 Å². The van der Waals surface area contributed by atoms with Crippen LogP contribution in [0.5, 0.6) is 0 Å². The smallest absolute Gasteiger partial charge is 0.254 e. The molecule has 0 bridgehead atoms. The van der Waals surface area contributed by atoms with Crippen LogP contribution in [0, 0.1) is 6.92 Å². The molecule has 1 saturated heterocycles. The lowest BCUT2D eigenvalue weighted by Crippen LogP contribution is -2.44. The highest BCUT2D eigenvalue weighted by atomic mass is 32.2. The van der Waals surface area contributed by atoms with Crippen LogP contribution in [0.1, 0.15) is 46.8 Å². The Morgan fingerprint density at radius 2 is 1.84 bits per heavy atom.